The average molecular weight is 719 g/mol. The number of amides is 3. The highest BCUT2D eigenvalue weighted by atomic mass is 35.5. The van der Waals surface area contributed by atoms with Crippen LogP contribution in [-0.2, 0) is 16.0 Å². The lowest BCUT2D eigenvalue weighted by atomic mass is 10.00. The van der Waals surface area contributed by atoms with E-state index in [2.05, 4.69) is 15.2 Å². The Kier molecular flexibility index (Phi) is 11.0. The first-order chi connectivity index (χ1) is 24.0. The van der Waals surface area contributed by atoms with Crippen LogP contribution in [0, 0.1) is 13.8 Å². The van der Waals surface area contributed by atoms with Crippen LogP contribution in [0.5, 0.6) is 0 Å². The second-order valence-electron chi connectivity index (χ2n) is 13.7. The van der Waals surface area contributed by atoms with Crippen molar-refractivity contribution in [3.05, 3.63) is 105 Å². The number of hydrogen-bond donors (Lipinski definition) is 2. The van der Waals surface area contributed by atoms with Crippen LogP contribution in [0.2, 0.25) is 10.0 Å². The monoisotopic (exact) mass is 717 g/mol. The Balaban J connectivity index is 1.10. The molecule has 0 radical (unpaired) electrons. The van der Waals surface area contributed by atoms with Crippen molar-refractivity contribution in [1.82, 2.24) is 24.9 Å². The summed E-state index contributed by atoms with van der Waals surface area (Å²) in [5, 5.41) is 3.97. The molecule has 3 heterocycles. The number of aliphatic imine (C=N–C) groups is 1. The van der Waals surface area contributed by atoms with Crippen molar-refractivity contribution < 1.29 is 14.4 Å². The molecule has 3 aliphatic heterocycles. The molecule has 3 N–H and O–H groups in total. The van der Waals surface area contributed by atoms with E-state index >= 15 is 0 Å². The molecule has 50 heavy (non-hydrogen) atoms. The molecule has 12 heteroatoms. The van der Waals surface area contributed by atoms with Crippen LogP contribution in [0.15, 0.2) is 71.7 Å². The van der Waals surface area contributed by atoms with E-state index in [0.29, 0.717) is 67.7 Å². The maximum atomic E-state index is 13.9. The predicted molar refractivity (Wildman–Crippen MR) is 197 cm³/mol. The Labute approximate surface area is 304 Å². The summed E-state index contributed by atoms with van der Waals surface area (Å²) in [4.78, 5) is 53.4. The molecule has 0 aromatic heterocycles. The van der Waals surface area contributed by atoms with Crippen LogP contribution in [-0.4, -0.2) is 108 Å². The standard InChI is InChI=1S/C38H45Cl2N7O3/c1-24-15-25(2)17-28(16-24)36(49)45-13-14-46(34(23-45)27-9-10-31(39)32(40)19-27)35(48)11-12-44-21-30-20-29(44)22-47(30)37(50)33(43-38(41)42-3)18-26-7-5-4-6-8-26/h4-10,15-17,19,29-30,33-34H,11-14,18,20-23H2,1-3H3,(H3,41,42,43)/t29-,30+,33?,34-/m0/s1. The van der Waals surface area contributed by atoms with Gasteiger partial charge < -0.3 is 25.8 Å². The van der Waals surface area contributed by atoms with Gasteiger partial charge in [-0.3, -0.25) is 24.3 Å². The van der Waals surface area contributed by atoms with Crippen LogP contribution >= 0.6 is 23.2 Å². The first-order valence-corrected chi connectivity index (χ1v) is 18.0. The summed E-state index contributed by atoms with van der Waals surface area (Å²) < 4.78 is 0. The summed E-state index contributed by atoms with van der Waals surface area (Å²) in [6, 6.07) is 20.6. The third-order valence-electron chi connectivity index (χ3n) is 10.2. The summed E-state index contributed by atoms with van der Waals surface area (Å²) >= 11 is 12.7. The molecule has 0 aliphatic carbocycles. The van der Waals surface area contributed by atoms with Crippen LogP contribution < -0.4 is 11.1 Å². The largest absolute Gasteiger partial charge is 0.370 e. The number of carbonyl (C=O) groups is 3. The Morgan fingerprint density at radius 3 is 2.30 bits per heavy atom. The van der Waals surface area contributed by atoms with Gasteiger partial charge in [0.2, 0.25) is 11.8 Å². The van der Waals surface area contributed by atoms with Crippen LogP contribution in [0.3, 0.4) is 0 Å². The number of benzene rings is 3. The normalized spacial score (nSPS) is 21.4. The number of halogens is 2. The molecule has 3 aliphatic rings. The Morgan fingerprint density at radius 1 is 0.900 bits per heavy atom. The van der Waals surface area contributed by atoms with E-state index in [0.717, 1.165) is 28.7 Å². The van der Waals surface area contributed by atoms with E-state index in [9.17, 15) is 14.4 Å². The van der Waals surface area contributed by atoms with Gasteiger partial charge in [-0.25, -0.2) is 0 Å². The lowest BCUT2D eigenvalue weighted by Gasteiger charge is -2.42. The molecule has 6 rings (SSSR count). The maximum absolute atomic E-state index is 13.9. The zero-order valence-electron chi connectivity index (χ0n) is 28.8. The van der Waals surface area contributed by atoms with Gasteiger partial charge in [0.05, 0.1) is 16.1 Å². The van der Waals surface area contributed by atoms with Crippen molar-refractivity contribution >= 4 is 46.9 Å². The van der Waals surface area contributed by atoms with E-state index in [4.69, 9.17) is 28.9 Å². The van der Waals surface area contributed by atoms with Crippen molar-refractivity contribution in [3.8, 4) is 0 Å². The van der Waals surface area contributed by atoms with E-state index in [1.807, 2.05) is 83.1 Å². The SMILES string of the molecule is CN=C(N)NC(Cc1ccccc1)C(=O)N1C[C@@H]2C[C@@H]1CN2CCC(=O)N1CCN(C(=O)c2cc(C)cc(C)c2)C[C@H]1c1ccc(Cl)c(Cl)c1. The Morgan fingerprint density at radius 2 is 1.64 bits per heavy atom. The molecule has 10 nitrogen and oxygen atoms in total. The predicted octanol–water partition coefficient (Wildman–Crippen LogP) is 4.46. The van der Waals surface area contributed by atoms with Crippen molar-refractivity contribution in [3.63, 3.8) is 0 Å². The third-order valence-corrected chi connectivity index (χ3v) is 10.9. The number of piperazine rings is 2. The van der Waals surface area contributed by atoms with Crippen molar-refractivity contribution in [2.45, 2.75) is 57.3 Å². The molecule has 1 unspecified atom stereocenters. The molecule has 0 saturated carbocycles. The van der Waals surface area contributed by atoms with Gasteiger partial charge in [0.15, 0.2) is 5.96 Å². The summed E-state index contributed by atoms with van der Waals surface area (Å²) in [6.45, 7) is 7.10. The van der Waals surface area contributed by atoms with Gasteiger partial charge in [0.1, 0.15) is 6.04 Å². The minimum Gasteiger partial charge on any atom is -0.370 e. The number of nitrogens with two attached hydrogens (primary N) is 1. The molecule has 3 amide bonds. The number of aryl methyl sites for hydroxylation is 2. The molecular formula is C38H45Cl2N7O3. The topological polar surface area (TPSA) is 115 Å². The quantitative estimate of drug-likeness (QED) is 0.250. The average Bonchev–Trinajstić information content (AvgIpc) is 3.72. The second-order valence-corrected chi connectivity index (χ2v) is 14.5. The zero-order chi connectivity index (χ0) is 35.5. The van der Waals surface area contributed by atoms with Crippen molar-refractivity contribution in [2.24, 2.45) is 10.7 Å². The summed E-state index contributed by atoms with van der Waals surface area (Å²) in [5.41, 5.74) is 10.6. The van der Waals surface area contributed by atoms with Gasteiger partial charge in [-0.05, 0) is 55.7 Å². The lowest BCUT2D eigenvalue weighted by Crippen LogP contribution is -2.57. The fourth-order valence-electron chi connectivity index (χ4n) is 7.72. The molecule has 3 aromatic rings. The van der Waals surface area contributed by atoms with E-state index < -0.39 is 6.04 Å². The number of nitrogens with zero attached hydrogens (tertiary/aromatic N) is 5. The van der Waals surface area contributed by atoms with Gasteiger partial charge in [-0.15, -0.1) is 0 Å². The minimum absolute atomic E-state index is 0.0152. The molecule has 3 aromatic carbocycles. The van der Waals surface area contributed by atoms with Crippen LogP contribution in [0.1, 0.15) is 51.5 Å². The highest BCUT2D eigenvalue weighted by molar-refractivity contribution is 6.42. The highest BCUT2D eigenvalue weighted by Gasteiger charge is 2.46. The van der Waals surface area contributed by atoms with Gasteiger partial charge in [-0.1, -0.05) is 76.8 Å². The summed E-state index contributed by atoms with van der Waals surface area (Å²) in [6.07, 6.45) is 1.72. The van der Waals surface area contributed by atoms with Gasteiger partial charge in [0.25, 0.3) is 5.91 Å². The fraction of sp³-hybridized carbons (Fsp3) is 0.421. The minimum atomic E-state index is -0.519. The molecule has 0 spiro atoms. The van der Waals surface area contributed by atoms with Crippen LogP contribution in [0.4, 0.5) is 0 Å². The molecule has 264 valence electrons. The summed E-state index contributed by atoms with van der Waals surface area (Å²) in [7, 11) is 1.60. The van der Waals surface area contributed by atoms with Gasteiger partial charge >= 0.3 is 0 Å². The number of carbonyl (C=O) groups excluding carboxylic acids is 3. The highest BCUT2D eigenvalue weighted by Crippen LogP contribution is 2.34. The first kappa shape index (κ1) is 35.7. The smallest absolute Gasteiger partial charge is 0.254 e. The Hall–Kier alpha value is -4.12. The molecular weight excluding hydrogens is 673 g/mol. The first-order valence-electron chi connectivity index (χ1n) is 17.2. The van der Waals surface area contributed by atoms with Crippen LogP contribution in [0.25, 0.3) is 0 Å². The van der Waals surface area contributed by atoms with E-state index in [-0.39, 0.29) is 41.8 Å². The zero-order valence-corrected chi connectivity index (χ0v) is 30.3. The third kappa shape index (κ3) is 7.93. The Bertz CT molecular complexity index is 1750. The number of guanidine groups is 1. The number of likely N-dealkylation sites (tertiary alicyclic amines) is 2. The number of hydrogen-bond acceptors (Lipinski definition) is 5. The number of fused-ring (bicyclic) bond motifs is 2. The number of nitrogens with one attached hydrogen (secondary N) is 1. The molecule has 3 fully saturated rings. The van der Waals surface area contributed by atoms with Crippen molar-refractivity contribution in [2.75, 3.05) is 46.3 Å². The fourth-order valence-corrected chi connectivity index (χ4v) is 8.03. The molecule has 3 saturated heterocycles. The molecule has 4 atom stereocenters. The van der Waals surface area contributed by atoms with Crippen molar-refractivity contribution in [1.29, 1.82) is 0 Å². The van der Waals surface area contributed by atoms with Gasteiger partial charge in [-0.2, -0.15) is 0 Å². The second kappa shape index (κ2) is 15.4. The maximum Gasteiger partial charge on any atom is 0.254 e. The van der Waals surface area contributed by atoms with E-state index in [1.165, 1.54) is 0 Å². The lowest BCUT2D eigenvalue weighted by molar-refractivity contribution is -0.138. The van der Waals surface area contributed by atoms with Gasteiger partial charge in [0, 0.05) is 76.8 Å². The number of rotatable bonds is 9. The van der Waals surface area contributed by atoms with E-state index in [1.54, 1.807) is 19.2 Å². The molecule has 2 bridgehead atoms. The summed E-state index contributed by atoms with van der Waals surface area (Å²) in [5.74, 6) is 0.226.